The fourth-order valence-corrected chi connectivity index (χ4v) is 4.25. The van der Waals surface area contributed by atoms with E-state index in [0.29, 0.717) is 0 Å². The van der Waals surface area contributed by atoms with Crippen LogP contribution in [-0.4, -0.2) is 32.5 Å². The van der Waals surface area contributed by atoms with Gasteiger partial charge in [-0.05, 0) is 50.1 Å². The van der Waals surface area contributed by atoms with Gasteiger partial charge in [0.25, 0.3) is 0 Å². The fourth-order valence-electron chi connectivity index (χ4n) is 4.25. The topological polar surface area (TPSA) is 47.1 Å². The van der Waals surface area contributed by atoms with Crippen LogP contribution in [0.2, 0.25) is 0 Å². The molecule has 1 aliphatic heterocycles. The van der Waals surface area contributed by atoms with Crippen molar-refractivity contribution in [1.82, 2.24) is 19.4 Å². The molecule has 3 heterocycles. The maximum Gasteiger partial charge on any atom is 0.201 e. The lowest BCUT2D eigenvalue weighted by molar-refractivity contribution is 0.327. The minimum Gasteiger partial charge on any atom is -0.448 e. The van der Waals surface area contributed by atoms with Crippen molar-refractivity contribution in [2.75, 3.05) is 13.1 Å². The average Bonchev–Trinajstić information content (AvgIpc) is 3.46. The SMILES string of the molecule is Cn1c(CC2=CCC(c3nc(CN4CCCC4)co3)C=C2)nc2ccccc21. The van der Waals surface area contributed by atoms with Crippen LogP contribution in [0.15, 0.2) is 58.7 Å². The number of aryl methyl sites for hydroxylation is 1. The molecule has 1 fully saturated rings. The predicted octanol–water partition coefficient (Wildman–Crippen LogP) is 4.37. The Balaban J connectivity index is 1.24. The summed E-state index contributed by atoms with van der Waals surface area (Å²) in [4.78, 5) is 12.0. The van der Waals surface area contributed by atoms with E-state index in [-0.39, 0.29) is 5.92 Å². The van der Waals surface area contributed by atoms with Crippen LogP contribution in [-0.2, 0) is 20.0 Å². The Kier molecular flexibility index (Phi) is 4.61. The van der Waals surface area contributed by atoms with Crippen LogP contribution in [0.4, 0.5) is 0 Å². The largest absolute Gasteiger partial charge is 0.448 e. The molecular weight excluding hydrogens is 348 g/mol. The van der Waals surface area contributed by atoms with Gasteiger partial charge in [0.1, 0.15) is 12.1 Å². The van der Waals surface area contributed by atoms with Gasteiger partial charge in [-0.3, -0.25) is 4.90 Å². The van der Waals surface area contributed by atoms with Crippen molar-refractivity contribution in [2.45, 2.75) is 38.1 Å². The highest BCUT2D eigenvalue weighted by Crippen LogP contribution is 2.28. The van der Waals surface area contributed by atoms with E-state index in [2.05, 4.69) is 52.9 Å². The van der Waals surface area contributed by atoms with E-state index < -0.39 is 0 Å². The van der Waals surface area contributed by atoms with Crippen molar-refractivity contribution < 1.29 is 4.42 Å². The molecule has 3 aromatic rings. The summed E-state index contributed by atoms with van der Waals surface area (Å²) < 4.78 is 7.98. The van der Waals surface area contributed by atoms with Gasteiger partial charge < -0.3 is 8.98 Å². The minimum absolute atomic E-state index is 0.233. The smallest absolute Gasteiger partial charge is 0.201 e. The maximum absolute atomic E-state index is 5.79. The van der Waals surface area contributed by atoms with Gasteiger partial charge in [-0.25, -0.2) is 9.97 Å². The number of rotatable bonds is 5. The second kappa shape index (κ2) is 7.40. The van der Waals surface area contributed by atoms with Gasteiger partial charge in [0.2, 0.25) is 5.89 Å². The average molecular weight is 374 g/mol. The van der Waals surface area contributed by atoms with E-state index in [1.54, 1.807) is 0 Å². The Morgan fingerprint density at radius 2 is 2.00 bits per heavy atom. The first kappa shape index (κ1) is 17.4. The standard InChI is InChI=1S/C23H26N4O/c1-26-21-7-3-2-6-20(21)25-22(26)14-17-8-10-18(11-9-17)23-24-19(16-28-23)15-27-12-4-5-13-27/h2-3,6-10,16,18H,4-5,11-15H2,1H3. The Labute approximate surface area is 165 Å². The van der Waals surface area contributed by atoms with Crippen molar-refractivity contribution >= 4 is 11.0 Å². The summed E-state index contributed by atoms with van der Waals surface area (Å²) in [6, 6.07) is 8.29. The molecule has 0 radical (unpaired) electrons. The van der Waals surface area contributed by atoms with Crippen LogP contribution in [0.5, 0.6) is 0 Å². The second-order valence-corrected chi connectivity index (χ2v) is 7.89. The van der Waals surface area contributed by atoms with E-state index >= 15 is 0 Å². The van der Waals surface area contributed by atoms with Crippen LogP contribution >= 0.6 is 0 Å². The van der Waals surface area contributed by atoms with Crippen LogP contribution in [0.25, 0.3) is 11.0 Å². The Hall–Kier alpha value is -2.66. The second-order valence-electron chi connectivity index (χ2n) is 7.89. The third-order valence-corrected chi connectivity index (χ3v) is 5.89. The number of aromatic nitrogens is 3. The summed E-state index contributed by atoms with van der Waals surface area (Å²) in [7, 11) is 2.09. The van der Waals surface area contributed by atoms with Crippen molar-refractivity contribution in [1.29, 1.82) is 0 Å². The summed E-state index contributed by atoms with van der Waals surface area (Å²) >= 11 is 0. The predicted molar refractivity (Wildman–Crippen MR) is 110 cm³/mol. The van der Waals surface area contributed by atoms with Crippen molar-refractivity contribution in [3.8, 4) is 0 Å². The van der Waals surface area contributed by atoms with E-state index in [9.17, 15) is 0 Å². The lowest BCUT2D eigenvalue weighted by Crippen LogP contribution is -2.18. The molecule has 0 amide bonds. The molecule has 5 heteroatoms. The number of fused-ring (bicyclic) bond motifs is 1. The number of allylic oxidation sites excluding steroid dienone is 4. The van der Waals surface area contributed by atoms with Crippen molar-refractivity contribution in [2.24, 2.45) is 7.05 Å². The van der Waals surface area contributed by atoms with Gasteiger partial charge in [-0.1, -0.05) is 30.4 Å². The Morgan fingerprint density at radius 1 is 1.14 bits per heavy atom. The third kappa shape index (κ3) is 3.42. The van der Waals surface area contributed by atoms with Crippen LogP contribution in [0.3, 0.4) is 0 Å². The number of likely N-dealkylation sites (tertiary alicyclic amines) is 1. The number of imidazole rings is 1. The van der Waals surface area contributed by atoms with E-state index in [1.807, 2.05) is 12.3 Å². The Bertz CT molecular complexity index is 1040. The Morgan fingerprint density at radius 3 is 2.79 bits per heavy atom. The summed E-state index contributed by atoms with van der Waals surface area (Å²) in [5.41, 5.74) is 4.60. The van der Waals surface area contributed by atoms with Crippen molar-refractivity contribution in [3.05, 3.63) is 71.7 Å². The molecule has 1 atom stereocenters. The zero-order chi connectivity index (χ0) is 18.9. The van der Waals surface area contributed by atoms with E-state index in [1.165, 1.54) is 37.0 Å². The molecular formula is C23H26N4O. The van der Waals surface area contributed by atoms with Crippen LogP contribution in [0.1, 0.15) is 42.6 Å². The maximum atomic E-state index is 5.79. The molecule has 2 aliphatic rings. The normalized spacial score (nSPS) is 20.2. The summed E-state index contributed by atoms with van der Waals surface area (Å²) in [6.45, 7) is 3.27. The molecule has 5 nitrogen and oxygen atoms in total. The van der Waals surface area contributed by atoms with Gasteiger partial charge in [0.15, 0.2) is 0 Å². The molecule has 1 saturated heterocycles. The minimum atomic E-state index is 0.233. The highest BCUT2D eigenvalue weighted by Gasteiger charge is 2.19. The molecule has 1 unspecified atom stereocenters. The zero-order valence-electron chi connectivity index (χ0n) is 16.3. The summed E-state index contributed by atoms with van der Waals surface area (Å²) in [6.07, 6.45) is 12.9. The molecule has 1 aliphatic carbocycles. The number of nitrogens with zero attached hydrogens (tertiary/aromatic N) is 4. The van der Waals surface area contributed by atoms with Gasteiger partial charge in [-0.15, -0.1) is 0 Å². The van der Waals surface area contributed by atoms with Gasteiger partial charge in [-0.2, -0.15) is 0 Å². The number of para-hydroxylation sites is 2. The van der Waals surface area contributed by atoms with E-state index in [4.69, 9.17) is 14.4 Å². The van der Waals surface area contributed by atoms with Crippen LogP contribution in [0, 0.1) is 0 Å². The molecule has 2 aromatic heterocycles. The number of hydrogen-bond donors (Lipinski definition) is 0. The lowest BCUT2D eigenvalue weighted by atomic mass is 9.95. The van der Waals surface area contributed by atoms with Gasteiger partial charge in [0.05, 0.1) is 22.6 Å². The zero-order valence-corrected chi connectivity index (χ0v) is 16.3. The number of hydrogen-bond acceptors (Lipinski definition) is 4. The first-order valence-corrected chi connectivity index (χ1v) is 10.2. The van der Waals surface area contributed by atoms with Crippen LogP contribution < -0.4 is 0 Å². The first-order valence-electron chi connectivity index (χ1n) is 10.2. The molecule has 0 bridgehead atoms. The quantitative estimate of drug-likeness (QED) is 0.665. The van der Waals surface area contributed by atoms with Gasteiger partial charge in [0, 0.05) is 20.0 Å². The fraction of sp³-hybridized carbons (Fsp3) is 0.391. The molecule has 1 aromatic carbocycles. The molecule has 0 N–H and O–H groups in total. The highest BCUT2D eigenvalue weighted by atomic mass is 16.3. The number of benzene rings is 1. The summed E-state index contributed by atoms with van der Waals surface area (Å²) in [5.74, 6) is 2.17. The number of oxazole rings is 1. The monoisotopic (exact) mass is 374 g/mol. The lowest BCUT2D eigenvalue weighted by Gasteiger charge is -2.14. The molecule has 28 heavy (non-hydrogen) atoms. The molecule has 0 spiro atoms. The molecule has 144 valence electrons. The molecule has 5 rings (SSSR count). The summed E-state index contributed by atoms with van der Waals surface area (Å²) in [5, 5.41) is 0. The first-order chi connectivity index (χ1) is 13.8. The molecule has 0 saturated carbocycles. The van der Waals surface area contributed by atoms with E-state index in [0.717, 1.165) is 42.3 Å². The van der Waals surface area contributed by atoms with Gasteiger partial charge >= 0.3 is 0 Å². The highest BCUT2D eigenvalue weighted by molar-refractivity contribution is 5.75. The van der Waals surface area contributed by atoms with Crippen molar-refractivity contribution in [3.63, 3.8) is 0 Å². The third-order valence-electron chi connectivity index (χ3n) is 5.89.